The fourth-order valence-electron chi connectivity index (χ4n) is 12.4. The number of carbonyl (C=O) groups is 4. The largest absolute Gasteiger partial charge is 0.472 e. The highest BCUT2D eigenvalue weighted by atomic mass is 31.2. The van der Waals surface area contributed by atoms with Crippen molar-refractivity contribution in [3.63, 3.8) is 0 Å². The van der Waals surface area contributed by atoms with Gasteiger partial charge in [0.25, 0.3) is 0 Å². The van der Waals surface area contributed by atoms with Crippen molar-refractivity contribution in [2.45, 2.75) is 433 Å². The highest BCUT2D eigenvalue weighted by Crippen LogP contribution is 2.45. The molecule has 0 aromatic heterocycles. The Hall–Kier alpha value is -1.94. The van der Waals surface area contributed by atoms with Crippen molar-refractivity contribution in [3.8, 4) is 0 Å². The van der Waals surface area contributed by atoms with Gasteiger partial charge in [-0.2, -0.15) is 0 Å². The normalized spacial score (nSPS) is 14.3. The van der Waals surface area contributed by atoms with Gasteiger partial charge in [0.05, 0.1) is 26.4 Å². The zero-order valence-corrected chi connectivity index (χ0v) is 67.6. The predicted octanol–water partition coefficient (Wildman–Crippen LogP) is 24.0. The Morgan fingerprint density at radius 2 is 0.480 bits per heavy atom. The molecule has 0 spiro atoms. The first-order valence-electron chi connectivity index (χ1n) is 41.7. The fourth-order valence-corrected chi connectivity index (χ4v) is 14.0. The van der Waals surface area contributed by atoms with Crippen LogP contribution in [0.1, 0.15) is 415 Å². The lowest BCUT2D eigenvalue weighted by atomic mass is 9.99. The molecule has 0 amide bonds. The molecule has 19 heteroatoms. The van der Waals surface area contributed by atoms with Gasteiger partial charge in [0, 0.05) is 25.7 Å². The molecule has 0 aromatic rings. The summed E-state index contributed by atoms with van der Waals surface area (Å²) in [6.07, 6.45) is 57.3. The third-order valence-corrected chi connectivity index (χ3v) is 21.1. The van der Waals surface area contributed by atoms with Gasteiger partial charge in [-0.05, 0) is 49.4 Å². The van der Waals surface area contributed by atoms with E-state index in [1.165, 1.54) is 212 Å². The maximum Gasteiger partial charge on any atom is 0.472 e. The molecule has 594 valence electrons. The third-order valence-electron chi connectivity index (χ3n) is 19.2. The Bertz CT molecular complexity index is 1960. The fraction of sp³-hybridized carbons (Fsp3) is 0.951. The van der Waals surface area contributed by atoms with Gasteiger partial charge in [0.1, 0.15) is 19.3 Å². The molecule has 6 atom stereocenters. The van der Waals surface area contributed by atoms with E-state index in [1.807, 2.05) is 0 Å². The van der Waals surface area contributed by atoms with Gasteiger partial charge >= 0.3 is 39.5 Å². The first kappa shape index (κ1) is 98.1. The summed E-state index contributed by atoms with van der Waals surface area (Å²) in [6, 6.07) is 0. The van der Waals surface area contributed by atoms with E-state index in [4.69, 9.17) is 37.0 Å². The molecule has 3 unspecified atom stereocenters. The van der Waals surface area contributed by atoms with Gasteiger partial charge in [-0.1, -0.05) is 364 Å². The first-order valence-corrected chi connectivity index (χ1v) is 44.7. The molecule has 0 bridgehead atoms. The minimum atomic E-state index is -4.96. The van der Waals surface area contributed by atoms with E-state index < -0.39 is 97.5 Å². The van der Waals surface area contributed by atoms with Crippen LogP contribution in [0.4, 0.5) is 0 Å². The number of rotatable bonds is 78. The van der Waals surface area contributed by atoms with Crippen molar-refractivity contribution in [2.24, 2.45) is 23.7 Å². The summed E-state index contributed by atoms with van der Waals surface area (Å²) in [6.45, 7) is 14.2. The molecular weight excluding hydrogens is 1310 g/mol. The smallest absolute Gasteiger partial charge is 0.462 e. The van der Waals surface area contributed by atoms with Gasteiger partial charge in [-0.25, -0.2) is 9.13 Å². The molecule has 0 saturated heterocycles. The zero-order valence-electron chi connectivity index (χ0n) is 65.8. The molecular formula is C81H158O17P2. The second kappa shape index (κ2) is 70.1. The van der Waals surface area contributed by atoms with E-state index in [-0.39, 0.29) is 25.7 Å². The molecule has 0 heterocycles. The molecule has 0 aliphatic carbocycles. The number of phosphoric acid groups is 2. The third kappa shape index (κ3) is 73.0. The van der Waals surface area contributed by atoms with Crippen LogP contribution in [0.3, 0.4) is 0 Å². The topological polar surface area (TPSA) is 237 Å². The monoisotopic (exact) mass is 1470 g/mol. The van der Waals surface area contributed by atoms with Gasteiger partial charge in [0.15, 0.2) is 12.2 Å². The number of hydrogen-bond donors (Lipinski definition) is 3. The van der Waals surface area contributed by atoms with Crippen LogP contribution in [0, 0.1) is 23.7 Å². The molecule has 0 saturated carbocycles. The summed E-state index contributed by atoms with van der Waals surface area (Å²) in [5.41, 5.74) is 0. The molecule has 100 heavy (non-hydrogen) atoms. The number of aliphatic hydroxyl groups excluding tert-OH is 1. The minimum Gasteiger partial charge on any atom is -0.462 e. The highest BCUT2D eigenvalue weighted by Gasteiger charge is 2.30. The van der Waals surface area contributed by atoms with Crippen molar-refractivity contribution in [1.29, 1.82) is 0 Å². The van der Waals surface area contributed by atoms with Gasteiger partial charge in [-0.3, -0.25) is 37.3 Å². The summed E-state index contributed by atoms with van der Waals surface area (Å²) < 4.78 is 68.6. The molecule has 0 aliphatic heterocycles. The van der Waals surface area contributed by atoms with Crippen LogP contribution in [0.5, 0.6) is 0 Å². The lowest BCUT2D eigenvalue weighted by Gasteiger charge is -2.21. The van der Waals surface area contributed by atoms with Crippen molar-refractivity contribution in [3.05, 3.63) is 0 Å². The summed E-state index contributed by atoms with van der Waals surface area (Å²) >= 11 is 0. The highest BCUT2D eigenvalue weighted by molar-refractivity contribution is 7.47. The second-order valence-corrected chi connectivity index (χ2v) is 33.7. The number of phosphoric ester groups is 2. The molecule has 0 radical (unpaired) electrons. The number of ether oxygens (including phenoxy) is 4. The van der Waals surface area contributed by atoms with E-state index >= 15 is 0 Å². The minimum absolute atomic E-state index is 0.102. The molecule has 0 fully saturated rings. The van der Waals surface area contributed by atoms with Crippen LogP contribution in [-0.2, 0) is 65.4 Å². The Morgan fingerprint density at radius 1 is 0.280 bits per heavy atom. The quantitative estimate of drug-likeness (QED) is 0.0222. The lowest BCUT2D eigenvalue weighted by Crippen LogP contribution is -2.30. The van der Waals surface area contributed by atoms with E-state index in [9.17, 15) is 43.2 Å². The molecule has 0 aliphatic rings. The molecule has 3 N–H and O–H groups in total. The van der Waals surface area contributed by atoms with Crippen molar-refractivity contribution >= 4 is 39.5 Å². The Labute approximate surface area is 613 Å². The maximum absolute atomic E-state index is 13.1. The number of unbranched alkanes of at least 4 members (excludes halogenated alkanes) is 43. The molecule has 0 aromatic carbocycles. The van der Waals surface area contributed by atoms with E-state index in [0.29, 0.717) is 37.5 Å². The maximum atomic E-state index is 13.1. The van der Waals surface area contributed by atoms with Crippen LogP contribution in [0.15, 0.2) is 0 Å². The molecule has 17 nitrogen and oxygen atoms in total. The second-order valence-electron chi connectivity index (χ2n) is 30.8. The van der Waals surface area contributed by atoms with Gasteiger partial charge in [0.2, 0.25) is 0 Å². The summed E-state index contributed by atoms with van der Waals surface area (Å²) in [5.74, 6) is 0.939. The van der Waals surface area contributed by atoms with Crippen LogP contribution >= 0.6 is 15.6 Å². The Balaban J connectivity index is 5.18. The Morgan fingerprint density at radius 3 is 0.710 bits per heavy atom. The van der Waals surface area contributed by atoms with Gasteiger partial charge in [-0.15, -0.1) is 0 Å². The lowest BCUT2D eigenvalue weighted by molar-refractivity contribution is -0.161. The van der Waals surface area contributed by atoms with Crippen LogP contribution in [-0.4, -0.2) is 96.7 Å². The van der Waals surface area contributed by atoms with Crippen LogP contribution in [0.2, 0.25) is 0 Å². The van der Waals surface area contributed by atoms with Crippen molar-refractivity contribution < 1.29 is 80.2 Å². The first-order chi connectivity index (χ1) is 48.1. The number of carbonyl (C=O) groups excluding carboxylic acids is 4. The summed E-state index contributed by atoms with van der Waals surface area (Å²) in [7, 11) is -9.92. The van der Waals surface area contributed by atoms with Crippen molar-refractivity contribution in [2.75, 3.05) is 39.6 Å². The zero-order chi connectivity index (χ0) is 73.8. The Kier molecular flexibility index (Phi) is 68.7. The number of hydrogen-bond acceptors (Lipinski definition) is 15. The van der Waals surface area contributed by atoms with E-state index in [1.54, 1.807) is 0 Å². The SMILES string of the molecule is CCC(C)CCCCCCCCCCCCCCCCCCCCC(=O)O[C@H](COC(=O)CCCCCCCCCCCCCCCCCCC(C)C)COP(=O)(O)OC[C@@H](O)COP(=O)(O)OC[C@@H](COC(=O)CCCCCCCCC(C)C)OC(=O)CCCCCCCCCC(C)C. The predicted molar refractivity (Wildman–Crippen MR) is 409 cm³/mol. The number of esters is 4. The van der Waals surface area contributed by atoms with Crippen LogP contribution in [0.25, 0.3) is 0 Å². The van der Waals surface area contributed by atoms with E-state index in [0.717, 1.165) is 108 Å². The van der Waals surface area contributed by atoms with Gasteiger partial charge < -0.3 is 33.8 Å². The summed E-state index contributed by atoms with van der Waals surface area (Å²) in [4.78, 5) is 72.9. The average Bonchev–Trinajstić information content (AvgIpc) is 0.933. The average molecular weight is 1470 g/mol. The van der Waals surface area contributed by atoms with E-state index in [2.05, 4.69) is 55.4 Å². The number of aliphatic hydroxyl groups is 1. The molecule has 0 rings (SSSR count). The van der Waals surface area contributed by atoms with Crippen LogP contribution < -0.4 is 0 Å². The standard InChI is InChI=1S/C81H158O17P2/c1-9-74(8)60-52-44-35-29-25-21-17-12-10-11-13-19-23-27-31-37-47-55-63-80(85)97-76(67-91-78(83)61-53-45-36-30-26-22-18-15-14-16-20-24-28-33-41-49-57-71(2)3)69-95-99(87,88)93-65-75(82)66-94-100(89,90)96-70-77(68-92-79(84)62-54-46-40-39-43-51-59-73(6)7)98-81(86)64-56-48-38-32-34-42-50-58-72(4)5/h71-77,82H,9-70H2,1-8H3,(H,87,88)(H,89,90)/t74?,75-,76-,77-/m1/s1. The summed E-state index contributed by atoms with van der Waals surface area (Å²) in [5, 5.41) is 10.6. The van der Waals surface area contributed by atoms with Crippen molar-refractivity contribution in [1.82, 2.24) is 0 Å².